The first-order valence-corrected chi connectivity index (χ1v) is 7.04. The molecule has 0 amide bonds. The third-order valence-electron chi connectivity index (χ3n) is 3.89. The van der Waals surface area contributed by atoms with Crippen LogP contribution in [0.5, 0.6) is 0 Å². The van der Waals surface area contributed by atoms with Crippen LogP contribution in [0.3, 0.4) is 0 Å². The number of rotatable bonds is 5. The fourth-order valence-corrected chi connectivity index (χ4v) is 2.60. The van der Waals surface area contributed by atoms with E-state index in [0.717, 1.165) is 12.0 Å². The van der Waals surface area contributed by atoms with E-state index in [0.29, 0.717) is 0 Å². The average Bonchev–Trinajstić information content (AvgIpc) is 2.90. The Morgan fingerprint density at radius 2 is 1.94 bits per heavy atom. The first-order valence-electron chi connectivity index (χ1n) is 7.04. The average molecular weight is 224 g/mol. The summed E-state index contributed by atoms with van der Waals surface area (Å²) < 4.78 is 0. The van der Waals surface area contributed by atoms with Gasteiger partial charge in [0.15, 0.2) is 0 Å². The largest absolute Gasteiger partial charge is 0.311 e. The van der Waals surface area contributed by atoms with Crippen LogP contribution in [0.25, 0.3) is 0 Å². The molecule has 16 heavy (non-hydrogen) atoms. The van der Waals surface area contributed by atoms with Crippen LogP contribution in [0, 0.1) is 5.92 Å². The summed E-state index contributed by atoms with van der Waals surface area (Å²) in [6.45, 7) is 10.6. The van der Waals surface area contributed by atoms with Crippen molar-refractivity contribution in [2.75, 3.05) is 19.6 Å². The molecule has 94 valence electrons. The molecule has 2 heteroatoms. The second kappa shape index (κ2) is 5.05. The molecule has 1 atom stereocenters. The van der Waals surface area contributed by atoms with Gasteiger partial charge in [0.25, 0.3) is 0 Å². The predicted molar refractivity (Wildman–Crippen MR) is 69.7 cm³/mol. The molecule has 0 bridgehead atoms. The van der Waals surface area contributed by atoms with Gasteiger partial charge in [0.2, 0.25) is 0 Å². The predicted octanol–water partition coefficient (Wildman–Crippen LogP) is 2.64. The van der Waals surface area contributed by atoms with Gasteiger partial charge in [-0.25, -0.2) is 0 Å². The van der Waals surface area contributed by atoms with Gasteiger partial charge >= 0.3 is 0 Å². The molecule has 0 spiro atoms. The Balaban J connectivity index is 1.69. The van der Waals surface area contributed by atoms with Gasteiger partial charge in [0.1, 0.15) is 0 Å². The number of hydrogen-bond acceptors (Lipinski definition) is 2. The zero-order chi connectivity index (χ0) is 11.6. The Labute approximate surface area is 101 Å². The highest BCUT2D eigenvalue weighted by Crippen LogP contribution is 2.33. The molecule has 1 saturated carbocycles. The van der Waals surface area contributed by atoms with Crippen molar-refractivity contribution < 1.29 is 0 Å². The maximum absolute atomic E-state index is 3.66. The van der Waals surface area contributed by atoms with Gasteiger partial charge in [-0.15, -0.1) is 0 Å². The van der Waals surface area contributed by atoms with Crippen molar-refractivity contribution in [2.45, 2.75) is 64.5 Å². The van der Waals surface area contributed by atoms with Crippen LogP contribution in [0.2, 0.25) is 0 Å². The van der Waals surface area contributed by atoms with Crippen LogP contribution in [0.4, 0.5) is 0 Å². The van der Waals surface area contributed by atoms with Gasteiger partial charge in [0.05, 0.1) is 0 Å². The number of hydrogen-bond donors (Lipinski definition) is 1. The van der Waals surface area contributed by atoms with E-state index < -0.39 is 0 Å². The van der Waals surface area contributed by atoms with Crippen LogP contribution >= 0.6 is 0 Å². The van der Waals surface area contributed by atoms with Crippen LogP contribution in [-0.2, 0) is 0 Å². The minimum absolute atomic E-state index is 0.269. The molecule has 2 aliphatic rings. The van der Waals surface area contributed by atoms with Crippen molar-refractivity contribution in [3.8, 4) is 0 Å². The third-order valence-corrected chi connectivity index (χ3v) is 3.89. The van der Waals surface area contributed by atoms with Crippen LogP contribution in [0.15, 0.2) is 0 Å². The second-order valence-electron chi connectivity index (χ2n) is 6.69. The number of nitrogens with zero attached hydrogens (tertiary/aromatic N) is 1. The van der Waals surface area contributed by atoms with Gasteiger partial charge in [-0.2, -0.15) is 0 Å². The third kappa shape index (κ3) is 4.06. The summed E-state index contributed by atoms with van der Waals surface area (Å²) >= 11 is 0. The Hall–Kier alpha value is -0.0800. The Bertz CT molecular complexity index is 215. The van der Waals surface area contributed by atoms with Crippen molar-refractivity contribution in [3.05, 3.63) is 0 Å². The first kappa shape index (κ1) is 12.4. The monoisotopic (exact) mass is 224 g/mol. The van der Waals surface area contributed by atoms with Crippen molar-refractivity contribution in [1.29, 1.82) is 0 Å². The standard InChI is InChI=1S/C14H28N2/c1-14(2,3)15-11-13-5-4-9-16(13)10-8-12-6-7-12/h12-13,15H,4-11H2,1-3H3. The second-order valence-corrected chi connectivity index (χ2v) is 6.69. The van der Waals surface area contributed by atoms with Crippen molar-refractivity contribution in [3.63, 3.8) is 0 Å². The van der Waals surface area contributed by atoms with Crippen LogP contribution < -0.4 is 5.32 Å². The lowest BCUT2D eigenvalue weighted by Gasteiger charge is -2.29. The Morgan fingerprint density at radius 3 is 2.56 bits per heavy atom. The van der Waals surface area contributed by atoms with E-state index in [4.69, 9.17) is 0 Å². The molecule has 1 heterocycles. The highest BCUT2D eigenvalue weighted by molar-refractivity contribution is 4.85. The maximum Gasteiger partial charge on any atom is 0.0221 e. The zero-order valence-electron chi connectivity index (χ0n) is 11.3. The van der Waals surface area contributed by atoms with E-state index in [9.17, 15) is 0 Å². The SMILES string of the molecule is CC(C)(C)NCC1CCCN1CCC1CC1. The molecule has 2 nitrogen and oxygen atoms in total. The van der Waals surface area contributed by atoms with E-state index in [2.05, 4.69) is 31.0 Å². The fraction of sp³-hybridized carbons (Fsp3) is 1.00. The lowest BCUT2D eigenvalue weighted by Crippen LogP contribution is -2.45. The van der Waals surface area contributed by atoms with Crippen LogP contribution in [0.1, 0.15) is 52.9 Å². The molecule has 0 aromatic rings. The first-order chi connectivity index (χ1) is 7.54. The lowest BCUT2D eigenvalue weighted by molar-refractivity contribution is 0.227. The quantitative estimate of drug-likeness (QED) is 0.772. The molecule has 1 aliphatic carbocycles. The molecule has 2 fully saturated rings. The van der Waals surface area contributed by atoms with E-state index in [1.165, 1.54) is 51.7 Å². The van der Waals surface area contributed by atoms with Crippen molar-refractivity contribution in [1.82, 2.24) is 10.2 Å². The van der Waals surface area contributed by atoms with E-state index in [1.54, 1.807) is 0 Å². The van der Waals surface area contributed by atoms with E-state index >= 15 is 0 Å². The van der Waals surface area contributed by atoms with Gasteiger partial charge in [-0.1, -0.05) is 12.8 Å². The van der Waals surface area contributed by atoms with Gasteiger partial charge in [-0.05, 0) is 59.0 Å². The van der Waals surface area contributed by atoms with E-state index in [1.807, 2.05) is 0 Å². The van der Waals surface area contributed by atoms with Crippen molar-refractivity contribution in [2.24, 2.45) is 5.92 Å². The summed E-state index contributed by atoms with van der Waals surface area (Å²) in [5.41, 5.74) is 0.269. The fourth-order valence-electron chi connectivity index (χ4n) is 2.60. The smallest absolute Gasteiger partial charge is 0.0221 e. The van der Waals surface area contributed by atoms with Gasteiger partial charge in [-0.3, -0.25) is 4.90 Å². The van der Waals surface area contributed by atoms with Crippen LogP contribution in [-0.4, -0.2) is 36.1 Å². The summed E-state index contributed by atoms with van der Waals surface area (Å²) in [7, 11) is 0. The Morgan fingerprint density at radius 1 is 1.19 bits per heavy atom. The van der Waals surface area contributed by atoms with Crippen molar-refractivity contribution >= 4 is 0 Å². The molecule has 0 aromatic carbocycles. The van der Waals surface area contributed by atoms with Gasteiger partial charge in [0, 0.05) is 18.1 Å². The van der Waals surface area contributed by atoms with E-state index in [-0.39, 0.29) is 5.54 Å². The number of likely N-dealkylation sites (tertiary alicyclic amines) is 1. The normalized spacial score (nSPS) is 27.6. The summed E-state index contributed by atoms with van der Waals surface area (Å²) in [6, 6.07) is 0.804. The lowest BCUT2D eigenvalue weighted by atomic mass is 10.1. The molecule has 1 saturated heterocycles. The highest BCUT2D eigenvalue weighted by atomic mass is 15.2. The molecular formula is C14H28N2. The summed E-state index contributed by atoms with van der Waals surface area (Å²) in [4.78, 5) is 2.72. The summed E-state index contributed by atoms with van der Waals surface area (Å²) in [5.74, 6) is 1.08. The van der Waals surface area contributed by atoms with Gasteiger partial charge < -0.3 is 5.32 Å². The minimum Gasteiger partial charge on any atom is -0.311 e. The molecule has 1 N–H and O–H groups in total. The molecule has 1 aliphatic heterocycles. The Kier molecular flexibility index (Phi) is 3.91. The molecule has 2 rings (SSSR count). The molecule has 0 aromatic heterocycles. The zero-order valence-corrected chi connectivity index (χ0v) is 11.3. The topological polar surface area (TPSA) is 15.3 Å². The highest BCUT2D eigenvalue weighted by Gasteiger charge is 2.28. The summed E-state index contributed by atoms with van der Waals surface area (Å²) in [5, 5.41) is 3.66. The number of nitrogens with one attached hydrogen (secondary N) is 1. The summed E-state index contributed by atoms with van der Waals surface area (Å²) in [6.07, 6.45) is 7.25. The molecule has 1 unspecified atom stereocenters. The molecule has 0 radical (unpaired) electrons. The maximum atomic E-state index is 3.66. The molecular weight excluding hydrogens is 196 g/mol. The minimum atomic E-state index is 0.269.